The summed E-state index contributed by atoms with van der Waals surface area (Å²) in [5, 5.41) is 0. The van der Waals surface area contributed by atoms with Gasteiger partial charge in [0.25, 0.3) is 5.91 Å². The molecule has 4 rings (SSSR count). The van der Waals surface area contributed by atoms with E-state index in [0.717, 1.165) is 5.56 Å². The number of fused-ring (bicyclic) bond motifs is 1. The van der Waals surface area contributed by atoms with Crippen LogP contribution in [0.25, 0.3) is 0 Å². The Hall–Kier alpha value is -3.67. The van der Waals surface area contributed by atoms with Crippen molar-refractivity contribution in [1.29, 1.82) is 0 Å². The van der Waals surface area contributed by atoms with Crippen LogP contribution in [0.2, 0.25) is 0 Å². The fourth-order valence-electron chi connectivity index (χ4n) is 3.59. The largest absolute Gasteiger partial charge is 0.486 e. The lowest BCUT2D eigenvalue weighted by Gasteiger charge is -2.26. The second kappa shape index (κ2) is 9.00. The summed E-state index contributed by atoms with van der Waals surface area (Å²) in [7, 11) is 0. The number of ether oxygens (including phenoxy) is 2. The lowest BCUT2D eigenvalue weighted by molar-refractivity contribution is 0.0745. The number of amides is 1. The highest BCUT2D eigenvalue weighted by Crippen LogP contribution is 2.34. The Morgan fingerprint density at radius 2 is 1.61 bits per heavy atom. The number of rotatable bonds is 6. The predicted molar refractivity (Wildman–Crippen MR) is 114 cm³/mol. The van der Waals surface area contributed by atoms with Gasteiger partial charge in [0.2, 0.25) is 0 Å². The van der Waals surface area contributed by atoms with Crippen molar-refractivity contribution in [2.75, 3.05) is 19.8 Å². The van der Waals surface area contributed by atoms with Crippen LogP contribution in [0.4, 0.5) is 4.39 Å². The van der Waals surface area contributed by atoms with Gasteiger partial charge < -0.3 is 14.4 Å². The van der Waals surface area contributed by atoms with E-state index in [1.54, 1.807) is 29.2 Å². The monoisotopic (exact) mass is 419 g/mol. The minimum atomic E-state index is -0.421. The van der Waals surface area contributed by atoms with Crippen molar-refractivity contribution in [3.05, 3.63) is 94.8 Å². The molecule has 0 radical (unpaired) electrons. The van der Waals surface area contributed by atoms with E-state index in [4.69, 9.17) is 9.47 Å². The zero-order chi connectivity index (χ0) is 21.8. The summed E-state index contributed by atoms with van der Waals surface area (Å²) in [5.41, 5.74) is 1.76. The molecule has 1 amide bonds. The van der Waals surface area contributed by atoms with E-state index in [-0.39, 0.29) is 17.3 Å². The Bertz CT molecular complexity index is 1110. The van der Waals surface area contributed by atoms with Gasteiger partial charge in [-0.2, -0.15) is 0 Å². The molecule has 1 aliphatic rings. The normalized spacial score (nSPS) is 12.3. The SMILES string of the molecule is CCN(Cc1cccc2c1OCCO2)C(=O)c1ccccc1C(=O)c1ccc(F)cc1. The van der Waals surface area contributed by atoms with Crippen LogP contribution in [0.5, 0.6) is 11.5 Å². The maximum Gasteiger partial charge on any atom is 0.254 e. The Morgan fingerprint density at radius 1 is 0.903 bits per heavy atom. The van der Waals surface area contributed by atoms with E-state index in [0.29, 0.717) is 48.9 Å². The number of para-hydroxylation sites is 1. The summed E-state index contributed by atoms with van der Waals surface area (Å²) < 4.78 is 24.6. The standard InChI is InChI=1S/C25H22FNO4/c1-2-27(16-18-6-5-9-22-24(18)31-15-14-30-22)25(29)21-8-4-3-7-20(21)23(28)17-10-12-19(26)13-11-17/h3-13H,2,14-16H2,1H3. The van der Waals surface area contributed by atoms with Gasteiger partial charge in [-0.1, -0.05) is 30.3 Å². The minimum Gasteiger partial charge on any atom is -0.486 e. The summed E-state index contributed by atoms with van der Waals surface area (Å²) in [6.45, 7) is 3.60. The van der Waals surface area contributed by atoms with Gasteiger partial charge >= 0.3 is 0 Å². The topological polar surface area (TPSA) is 55.8 Å². The van der Waals surface area contributed by atoms with Gasteiger partial charge in [-0.05, 0) is 43.3 Å². The lowest BCUT2D eigenvalue weighted by Crippen LogP contribution is -2.32. The number of carbonyl (C=O) groups excluding carboxylic acids is 2. The Balaban J connectivity index is 1.63. The van der Waals surface area contributed by atoms with Crippen LogP contribution in [0.1, 0.15) is 38.8 Å². The summed E-state index contributed by atoms with van der Waals surface area (Å²) in [5.74, 6) is 0.307. The van der Waals surface area contributed by atoms with Gasteiger partial charge in [-0.15, -0.1) is 0 Å². The van der Waals surface area contributed by atoms with E-state index >= 15 is 0 Å². The molecular weight excluding hydrogens is 397 g/mol. The third-order valence-electron chi connectivity index (χ3n) is 5.19. The van der Waals surface area contributed by atoms with Crippen molar-refractivity contribution in [3.8, 4) is 11.5 Å². The highest BCUT2D eigenvalue weighted by atomic mass is 19.1. The van der Waals surface area contributed by atoms with Crippen LogP contribution in [-0.4, -0.2) is 36.3 Å². The van der Waals surface area contributed by atoms with Crippen LogP contribution in [-0.2, 0) is 6.54 Å². The molecule has 158 valence electrons. The van der Waals surface area contributed by atoms with Gasteiger partial charge in [0.15, 0.2) is 17.3 Å². The molecule has 1 heterocycles. The highest BCUT2D eigenvalue weighted by molar-refractivity contribution is 6.15. The van der Waals surface area contributed by atoms with Crippen LogP contribution in [0, 0.1) is 5.82 Å². The van der Waals surface area contributed by atoms with Crippen molar-refractivity contribution in [2.45, 2.75) is 13.5 Å². The number of hydrogen-bond acceptors (Lipinski definition) is 4. The smallest absolute Gasteiger partial charge is 0.254 e. The van der Waals surface area contributed by atoms with E-state index in [1.807, 2.05) is 25.1 Å². The molecule has 0 bridgehead atoms. The molecule has 0 saturated carbocycles. The average Bonchev–Trinajstić information content (AvgIpc) is 2.82. The maximum absolute atomic E-state index is 13.4. The van der Waals surface area contributed by atoms with E-state index in [2.05, 4.69) is 0 Å². The zero-order valence-corrected chi connectivity index (χ0v) is 17.1. The van der Waals surface area contributed by atoms with Gasteiger partial charge in [-0.25, -0.2) is 4.39 Å². The summed E-state index contributed by atoms with van der Waals surface area (Å²) in [6.07, 6.45) is 0. The molecule has 0 unspecified atom stereocenters. The molecule has 0 saturated heterocycles. The third-order valence-corrected chi connectivity index (χ3v) is 5.19. The molecule has 0 spiro atoms. The van der Waals surface area contributed by atoms with Crippen molar-refractivity contribution in [3.63, 3.8) is 0 Å². The molecule has 3 aromatic carbocycles. The summed E-state index contributed by atoms with van der Waals surface area (Å²) >= 11 is 0. The van der Waals surface area contributed by atoms with Crippen LogP contribution >= 0.6 is 0 Å². The number of carbonyl (C=O) groups is 2. The molecule has 0 fully saturated rings. The number of ketones is 1. The van der Waals surface area contributed by atoms with Crippen molar-refractivity contribution in [1.82, 2.24) is 4.90 Å². The first-order valence-corrected chi connectivity index (χ1v) is 10.1. The van der Waals surface area contributed by atoms with Crippen LogP contribution in [0.15, 0.2) is 66.7 Å². The number of hydrogen-bond donors (Lipinski definition) is 0. The van der Waals surface area contributed by atoms with Crippen LogP contribution in [0.3, 0.4) is 0 Å². The fourth-order valence-corrected chi connectivity index (χ4v) is 3.59. The Labute approximate surface area is 180 Å². The molecular formula is C25H22FNO4. The highest BCUT2D eigenvalue weighted by Gasteiger charge is 2.24. The molecule has 5 nitrogen and oxygen atoms in total. The molecule has 6 heteroatoms. The molecule has 1 aliphatic heterocycles. The lowest BCUT2D eigenvalue weighted by atomic mass is 9.97. The second-order valence-corrected chi connectivity index (χ2v) is 7.14. The zero-order valence-electron chi connectivity index (χ0n) is 17.1. The number of halogens is 1. The number of benzene rings is 3. The van der Waals surface area contributed by atoms with Gasteiger partial charge in [0.05, 0.1) is 5.56 Å². The number of nitrogens with zero attached hydrogens (tertiary/aromatic N) is 1. The summed E-state index contributed by atoms with van der Waals surface area (Å²) in [4.78, 5) is 28.1. The first-order chi connectivity index (χ1) is 15.1. The molecule has 0 N–H and O–H groups in total. The van der Waals surface area contributed by atoms with E-state index in [1.165, 1.54) is 24.3 Å². The predicted octanol–water partition coefficient (Wildman–Crippen LogP) is 4.49. The molecule has 0 atom stereocenters. The van der Waals surface area contributed by atoms with E-state index < -0.39 is 5.82 Å². The Kier molecular flexibility index (Phi) is 5.98. The first kappa shape index (κ1) is 20.6. The molecule has 0 aliphatic carbocycles. The van der Waals surface area contributed by atoms with Crippen molar-refractivity contribution >= 4 is 11.7 Å². The minimum absolute atomic E-state index is 0.261. The van der Waals surface area contributed by atoms with Gasteiger partial charge in [0.1, 0.15) is 19.0 Å². The molecule has 0 aromatic heterocycles. The average molecular weight is 419 g/mol. The van der Waals surface area contributed by atoms with Gasteiger partial charge in [0, 0.05) is 29.8 Å². The van der Waals surface area contributed by atoms with Crippen LogP contribution < -0.4 is 9.47 Å². The first-order valence-electron chi connectivity index (χ1n) is 10.1. The molecule has 3 aromatic rings. The third kappa shape index (κ3) is 4.28. The van der Waals surface area contributed by atoms with Crippen molar-refractivity contribution < 1.29 is 23.5 Å². The van der Waals surface area contributed by atoms with Gasteiger partial charge in [-0.3, -0.25) is 9.59 Å². The fraction of sp³-hybridized carbons (Fsp3) is 0.200. The second-order valence-electron chi connectivity index (χ2n) is 7.14. The summed E-state index contributed by atoms with van der Waals surface area (Å²) in [6, 6.07) is 17.6. The quantitative estimate of drug-likeness (QED) is 0.553. The maximum atomic E-state index is 13.4. The molecule has 31 heavy (non-hydrogen) atoms. The Morgan fingerprint density at radius 3 is 2.35 bits per heavy atom. The van der Waals surface area contributed by atoms with E-state index in [9.17, 15) is 14.0 Å². The van der Waals surface area contributed by atoms with Crippen molar-refractivity contribution in [2.24, 2.45) is 0 Å².